The van der Waals surface area contributed by atoms with Crippen molar-refractivity contribution in [1.29, 1.82) is 0 Å². The second kappa shape index (κ2) is 4.76. The van der Waals surface area contributed by atoms with Crippen molar-refractivity contribution in [2.24, 2.45) is 0 Å². The van der Waals surface area contributed by atoms with Gasteiger partial charge in [-0.2, -0.15) is 0 Å². The van der Waals surface area contributed by atoms with Crippen molar-refractivity contribution in [3.63, 3.8) is 0 Å². The lowest BCUT2D eigenvalue weighted by atomic mass is 10.0. The average Bonchev–Trinajstić information content (AvgIpc) is 3.07. The Morgan fingerprint density at radius 1 is 1.05 bits per heavy atom. The standard InChI is InChI=1S/C16H11ClN2OS/c17-15(11-8-21-14-4-2-1-3-10(11)14)9-5-6-12-13(7-9)19-16(20)18-12/h1-8,15H,(H2,18,19,20). The number of aromatic nitrogens is 2. The molecule has 0 aliphatic rings. The van der Waals surface area contributed by atoms with Crippen molar-refractivity contribution in [1.82, 2.24) is 9.97 Å². The third kappa shape index (κ3) is 2.07. The number of thiophene rings is 1. The fourth-order valence-electron chi connectivity index (χ4n) is 2.58. The minimum absolute atomic E-state index is 0.200. The number of imidazole rings is 1. The summed E-state index contributed by atoms with van der Waals surface area (Å²) in [5, 5.41) is 3.06. The second-order valence-electron chi connectivity index (χ2n) is 4.93. The molecule has 0 amide bonds. The largest absolute Gasteiger partial charge is 0.323 e. The van der Waals surface area contributed by atoms with Crippen LogP contribution in [-0.4, -0.2) is 9.97 Å². The zero-order chi connectivity index (χ0) is 14.4. The van der Waals surface area contributed by atoms with Gasteiger partial charge in [-0.25, -0.2) is 4.79 Å². The number of rotatable bonds is 2. The molecule has 5 heteroatoms. The Hall–Kier alpha value is -2.04. The van der Waals surface area contributed by atoms with Crippen molar-refractivity contribution < 1.29 is 0 Å². The van der Waals surface area contributed by atoms with Gasteiger partial charge in [0.15, 0.2) is 0 Å². The Morgan fingerprint density at radius 3 is 2.76 bits per heavy atom. The average molecular weight is 315 g/mol. The highest BCUT2D eigenvalue weighted by Gasteiger charge is 2.16. The summed E-state index contributed by atoms with van der Waals surface area (Å²) in [5.41, 5.74) is 3.46. The van der Waals surface area contributed by atoms with E-state index in [1.165, 1.54) is 10.1 Å². The number of fused-ring (bicyclic) bond motifs is 2. The molecule has 0 aliphatic carbocycles. The molecule has 2 heterocycles. The molecule has 104 valence electrons. The highest BCUT2D eigenvalue weighted by molar-refractivity contribution is 7.17. The van der Waals surface area contributed by atoms with Crippen LogP contribution >= 0.6 is 22.9 Å². The number of H-pyrrole nitrogens is 2. The zero-order valence-corrected chi connectivity index (χ0v) is 12.5. The van der Waals surface area contributed by atoms with Crippen molar-refractivity contribution in [3.05, 3.63) is 69.5 Å². The molecule has 0 aliphatic heterocycles. The van der Waals surface area contributed by atoms with E-state index in [0.717, 1.165) is 22.2 Å². The maximum Gasteiger partial charge on any atom is 0.323 e. The lowest BCUT2D eigenvalue weighted by Gasteiger charge is -2.09. The molecular weight excluding hydrogens is 304 g/mol. The smallest absolute Gasteiger partial charge is 0.306 e. The number of alkyl halides is 1. The lowest BCUT2D eigenvalue weighted by Crippen LogP contribution is -1.99. The van der Waals surface area contributed by atoms with Crippen molar-refractivity contribution in [3.8, 4) is 0 Å². The Balaban J connectivity index is 1.85. The summed E-state index contributed by atoms with van der Waals surface area (Å²) in [5.74, 6) is 0. The fourth-order valence-corrected chi connectivity index (χ4v) is 3.96. The van der Waals surface area contributed by atoms with Crippen molar-refractivity contribution in [2.75, 3.05) is 0 Å². The molecule has 2 aromatic heterocycles. The van der Waals surface area contributed by atoms with Gasteiger partial charge in [-0.05, 0) is 40.1 Å². The van der Waals surface area contributed by atoms with Crippen LogP contribution < -0.4 is 5.69 Å². The maximum absolute atomic E-state index is 11.3. The van der Waals surface area contributed by atoms with Gasteiger partial charge < -0.3 is 9.97 Å². The van der Waals surface area contributed by atoms with Crippen LogP contribution in [0.25, 0.3) is 21.1 Å². The summed E-state index contributed by atoms with van der Waals surface area (Å²) in [6.45, 7) is 0. The molecule has 0 bridgehead atoms. The first-order valence-corrected chi connectivity index (χ1v) is 7.86. The first kappa shape index (κ1) is 12.7. The van der Waals surface area contributed by atoms with Gasteiger partial charge in [0.25, 0.3) is 0 Å². The molecular formula is C16H11ClN2OS. The summed E-state index contributed by atoms with van der Waals surface area (Å²) in [6.07, 6.45) is 0. The van der Waals surface area contributed by atoms with E-state index in [4.69, 9.17) is 11.6 Å². The third-order valence-electron chi connectivity index (χ3n) is 3.62. The summed E-state index contributed by atoms with van der Waals surface area (Å²) < 4.78 is 1.23. The topological polar surface area (TPSA) is 48.6 Å². The minimum Gasteiger partial charge on any atom is -0.306 e. The molecule has 2 aromatic carbocycles. The number of nitrogens with one attached hydrogen (secondary N) is 2. The van der Waals surface area contributed by atoms with Gasteiger partial charge in [0.2, 0.25) is 0 Å². The molecule has 1 unspecified atom stereocenters. The summed E-state index contributed by atoms with van der Waals surface area (Å²) in [6, 6.07) is 14.0. The Labute approximate surface area is 129 Å². The summed E-state index contributed by atoms with van der Waals surface area (Å²) >= 11 is 8.36. The van der Waals surface area contributed by atoms with Gasteiger partial charge in [0.1, 0.15) is 0 Å². The highest BCUT2D eigenvalue weighted by Crippen LogP contribution is 2.37. The highest BCUT2D eigenvalue weighted by atomic mass is 35.5. The van der Waals surface area contributed by atoms with Crippen LogP contribution in [0.15, 0.2) is 52.6 Å². The number of halogens is 1. The molecule has 1 atom stereocenters. The molecule has 0 fully saturated rings. The van der Waals surface area contributed by atoms with Crippen LogP contribution in [0.2, 0.25) is 0 Å². The van der Waals surface area contributed by atoms with E-state index >= 15 is 0 Å². The van der Waals surface area contributed by atoms with Gasteiger partial charge in [-0.1, -0.05) is 24.3 Å². The minimum atomic E-state index is -0.232. The molecule has 4 rings (SSSR count). The fraction of sp³-hybridized carbons (Fsp3) is 0.0625. The van der Waals surface area contributed by atoms with Crippen LogP contribution in [0, 0.1) is 0 Å². The number of benzene rings is 2. The second-order valence-corrected chi connectivity index (χ2v) is 6.28. The van der Waals surface area contributed by atoms with Gasteiger partial charge in [-0.3, -0.25) is 0 Å². The molecule has 2 N–H and O–H groups in total. The van der Waals surface area contributed by atoms with E-state index in [0.29, 0.717) is 0 Å². The predicted molar refractivity (Wildman–Crippen MR) is 88.4 cm³/mol. The predicted octanol–water partition coefficient (Wildman–Crippen LogP) is 4.40. The van der Waals surface area contributed by atoms with Gasteiger partial charge in [0, 0.05) is 4.70 Å². The number of hydrogen-bond acceptors (Lipinski definition) is 2. The van der Waals surface area contributed by atoms with Crippen molar-refractivity contribution >= 4 is 44.1 Å². The molecule has 21 heavy (non-hydrogen) atoms. The van der Waals surface area contributed by atoms with Crippen LogP contribution in [0.4, 0.5) is 0 Å². The van der Waals surface area contributed by atoms with Crippen LogP contribution in [0.1, 0.15) is 16.5 Å². The molecule has 0 radical (unpaired) electrons. The Kier molecular flexibility index (Phi) is 2.87. The first-order valence-electron chi connectivity index (χ1n) is 6.54. The monoisotopic (exact) mass is 314 g/mol. The molecule has 0 saturated heterocycles. The van der Waals surface area contributed by atoms with Gasteiger partial charge in [-0.15, -0.1) is 22.9 Å². The van der Waals surface area contributed by atoms with E-state index in [1.54, 1.807) is 11.3 Å². The summed E-state index contributed by atoms with van der Waals surface area (Å²) in [4.78, 5) is 16.8. The zero-order valence-electron chi connectivity index (χ0n) is 10.9. The third-order valence-corrected chi connectivity index (χ3v) is 5.09. The quantitative estimate of drug-likeness (QED) is 0.529. The SMILES string of the molecule is O=c1[nH]c2ccc(C(Cl)c3csc4ccccc34)cc2[nH]1. The van der Waals surface area contributed by atoms with Gasteiger partial charge >= 0.3 is 5.69 Å². The molecule has 0 spiro atoms. The Bertz CT molecular complexity index is 998. The summed E-state index contributed by atoms with van der Waals surface area (Å²) in [7, 11) is 0. The molecule has 4 aromatic rings. The van der Waals surface area contributed by atoms with E-state index < -0.39 is 0 Å². The lowest BCUT2D eigenvalue weighted by molar-refractivity contribution is 1.17. The first-order chi connectivity index (χ1) is 10.2. The number of aromatic amines is 2. The Morgan fingerprint density at radius 2 is 1.86 bits per heavy atom. The van der Waals surface area contributed by atoms with Gasteiger partial charge in [0.05, 0.1) is 16.4 Å². The van der Waals surface area contributed by atoms with Crippen LogP contribution in [0.3, 0.4) is 0 Å². The maximum atomic E-state index is 11.3. The molecule has 0 saturated carbocycles. The van der Waals surface area contributed by atoms with E-state index in [9.17, 15) is 4.79 Å². The molecule has 3 nitrogen and oxygen atoms in total. The normalized spacial score (nSPS) is 13.0. The van der Waals surface area contributed by atoms with Crippen LogP contribution in [-0.2, 0) is 0 Å². The van der Waals surface area contributed by atoms with Crippen LogP contribution in [0.5, 0.6) is 0 Å². The van der Waals surface area contributed by atoms with E-state index in [2.05, 4.69) is 27.5 Å². The van der Waals surface area contributed by atoms with E-state index in [-0.39, 0.29) is 11.1 Å². The van der Waals surface area contributed by atoms with Crippen molar-refractivity contribution in [2.45, 2.75) is 5.38 Å². The van der Waals surface area contributed by atoms with E-state index in [1.807, 2.05) is 30.3 Å². The number of hydrogen-bond donors (Lipinski definition) is 2.